The topological polar surface area (TPSA) is 88.9 Å². The second kappa shape index (κ2) is 6.29. The highest BCUT2D eigenvalue weighted by Crippen LogP contribution is 2.15. The van der Waals surface area contributed by atoms with Gasteiger partial charge in [-0.3, -0.25) is 4.68 Å². The van der Waals surface area contributed by atoms with Crippen LogP contribution in [0, 0.1) is 6.92 Å². The molecule has 0 amide bonds. The maximum absolute atomic E-state index is 12.2. The minimum atomic E-state index is -3.56. The molecule has 8 heteroatoms. The van der Waals surface area contributed by atoms with E-state index in [2.05, 4.69) is 20.1 Å². The van der Waals surface area contributed by atoms with Crippen LogP contribution in [-0.2, 0) is 23.6 Å². The highest BCUT2D eigenvalue weighted by Gasteiger charge is 2.22. The Balaban J connectivity index is 2.06. The lowest BCUT2D eigenvalue weighted by molar-refractivity contribution is 0.491. The van der Waals surface area contributed by atoms with Gasteiger partial charge in [0, 0.05) is 37.1 Å². The molecule has 0 aromatic carbocycles. The lowest BCUT2D eigenvalue weighted by Gasteiger charge is -2.20. The lowest BCUT2D eigenvalue weighted by Crippen LogP contribution is -2.40. The zero-order chi connectivity index (χ0) is 17.3. The van der Waals surface area contributed by atoms with Crippen LogP contribution < -0.4 is 10.0 Å². The van der Waals surface area contributed by atoms with E-state index < -0.39 is 15.6 Å². The molecule has 2 aromatic rings. The first-order valence-corrected chi connectivity index (χ1v) is 8.78. The van der Waals surface area contributed by atoms with Crippen LogP contribution in [0.15, 0.2) is 29.4 Å². The van der Waals surface area contributed by atoms with E-state index >= 15 is 0 Å². The summed E-state index contributed by atoms with van der Waals surface area (Å²) in [6, 6.07) is 3.20. The fraction of sp³-hybridized carbons (Fsp3) is 0.467. The first-order valence-electron chi connectivity index (χ1n) is 7.30. The Morgan fingerprint density at radius 2 is 1.96 bits per heavy atom. The van der Waals surface area contributed by atoms with Crippen molar-refractivity contribution in [2.45, 2.75) is 44.7 Å². The summed E-state index contributed by atoms with van der Waals surface area (Å²) in [6.45, 7) is 7.91. The third-order valence-electron chi connectivity index (χ3n) is 3.06. The maximum Gasteiger partial charge on any atom is 0.242 e. The van der Waals surface area contributed by atoms with E-state index in [4.69, 9.17) is 0 Å². The molecule has 0 spiro atoms. The van der Waals surface area contributed by atoms with Crippen molar-refractivity contribution in [2.24, 2.45) is 7.05 Å². The fourth-order valence-corrected chi connectivity index (χ4v) is 3.48. The zero-order valence-corrected chi connectivity index (χ0v) is 14.9. The van der Waals surface area contributed by atoms with Crippen molar-refractivity contribution in [2.75, 3.05) is 5.32 Å². The number of aryl methyl sites for hydroxylation is 2. The molecule has 0 unspecified atom stereocenters. The molecule has 0 aliphatic rings. The number of sulfonamides is 1. The van der Waals surface area contributed by atoms with Gasteiger partial charge in [0.1, 0.15) is 10.7 Å². The molecule has 0 fully saturated rings. The second-order valence-electron chi connectivity index (χ2n) is 6.50. The smallest absolute Gasteiger partial charge is 0.242 e. The van der Waals surface area contributed by atoms with E-state index in [1.165, 1.54) is 6.20 Å². The number of rotatable bonds is 5. The molecule has 2 N–H and O–H groups in total. The molecule has 126 valence electrons. The van der Waals surface area contributed by atoms with Gasteiger partial charge in [-0.25, -0.2) is 18.1 Å². The van der Waals surface area contributed by atoms with Crippen LogP contribution in [0.5, 0.6) is 0 Å². The Morgan fingerprint density at radius 3 is 2.43 bits per heavy atom. The van der Waals surface area contributed by atoms with Crippen LogP contribution in [0.25, 0.3) is 0 Å². The third kappa shape index (κ3) is 4.77. The number of hydrogen-bond donors (Lipinski definition) is 2. The summed E-state index contributed by atoms with van der Waals surface area (Å²) in [7, 11) is -1.69. The van der Waals surface area contributed by atoms with Crippen molar-refractivity contribution in [3.05, 3.63) is 35.8 Å². The van der Waals surface area contributed by atoms with Gasteiger partial charge in [0.15, 0.2) is 0 Å². The summed E-state index contributed by atoms with van der Waals surface area (Å²) in [5, 5.41) is 7.43. The van der Waals surface area contributed by atoms with Gasteiger partial charge in [0.2, 0.25) is 10.0 Å². The Hall–Kier alpha value is -1.93. The summed E-state index contributed by atoms with van der Waals surface area (Å²) in [6.07, 6.45) is 3.29. The van der Waals surface area contributed by atoms with Crippen LogP contribution in [0.1, 0.15) is 32.0 Å². The van der Waals surface area contributed by atoms with Gasteiger partial charge in [-0.1, -0.05) is 0 Å². The van der Waals surface area contributed by atoms with Crippen LogP contribution in [0.2, 0.25) is 0 Å². The molecular formula is C15H23N5O2S. The van der Waals surface area contributed by atoms with Gasteiger partial charge in [-0.2, -0.15) is 5.10 Å². The maximum atomic E-state index is 12.2. The van der Waals surface area contributed by atoms with E-state index in [0.717, 1.165) is 11.3 Å². The van der Waals surface area contributed by atoms with Crippen molar-refractivity contribution in [3.8, 4) is 0 Å². The summed E-state index contributed by atoms with van der Waals surface area (Å²) < 4.78 is 28.8. The van der Waals surface area contributed by atoms with Crippen LogP contribution in [0.3, 0.4) is 0 Å². The van der Waals surface area contributed by atoms with Crippen LogP contribution in [-0.4, -0.2) is 28.7 Å². The minimum absolute atomic E-state index is 0.149. The van der Waals surface area contributed by atoms with Crippen molar-refractivity contribution in [3.63, 3.8) is 0 Å². The molecule has 0 saturated heterocycles. The number of hydrogen-bond acceptors (Lipinski definition) is 5. The SMILES string of the molecule is Cc1nn(C)cc1CNc1ccc(S(=O)(=O)NC(C)(C)C)cn1. The van der Waals surface area contributed by atoms with Gasteiger partial charge in [-0.15, -0.1) is 0 Å². The van der Waals surface area contributed by atoms with Crippen LogP contribution >= 0.6 is 0 Å². The van der Waals surface area contributed by atoms with E-state index in [0.29, 0.717) is 12.4 Å². The van der Waals surface area contributed by atoms with Crippen molar-refractivity contribution in [1.82, 2.24) is 19.5 Å². The fourth-order valence-electron chi connectivity index (χ4n) is 2.11. The van der Waals surface area contributed by atoms with Gasteiger partial charge in [0.05, 0.1) is 5.69 Å². The Kier molecular flexibility index (Phi) is 4.76. The van der Waals surface area contributed by atoms with Crippen molar-refractivity contribution in [1.29, 1.82) is 0 Å². The number of anilines is 1. The van der Waals surface area contributed by atoms with Gasteiger partial charge < -0.3 is 5.32 Å². The molecular weight excluding hydrogens is 314 g/mol. The molecule has 0 radical (unpaired) electrons. The second-order valence-corrected chi connectivity index (χ2v) is 8.18. The molecule has 0 bridgehead atoms. The molecule has 7 nitrogen and oxygen atoms in total. The summed E-state index contributed by atoms with van der Waals surface area (Å²) in [5.74, 6) is 0.614. The summed E-state index contributed by atoms with van der Waals surface area (Å²) in [5.41, 5.74) is 1.49. The first-order chi connectivity index (χ1) is 10.6. The molecule has 2 aromatic heterocycles. The normalized spacial score (nSPS) is 12.4. The third-order valence-corrected chi connectivity index (χ3v) is 4.81. The van der Waals surface area contributed by atoms with Gasteiger partial charge in [0.25, 0.3) is 0 Å². The monoisotopic (exact) mass is 337 g/mol. The Labute approximate surface area is 137 Å². The first kappa shape index (κ1) is 17.4. The standard InChI is InChI=1S/C15H23N5O2S/c1-11-12(10-20(5)18-11)8-16-14-7-6-13(9-17-14)23(21,22)19-15(2,3)4/h6-7,9-10,19H,8H2,1-5H3,(H,16,17). The summed E-state index contributed by atoms with van der Waals surface area (Å²) >= 11 is 0. The van der Waals surface area contributed by atoms with Crippen LogP contribution in [0.4, 0.5) is 5.82 Å². The molecule has 23 heavy (non-hydrogen) atoms. The molecule has 0 aliphatic heterocycles. The average molecular weight is 337 g/mol. The number of nitrogens with zero attached hydrogens (tertiary/aromatic N) is 3. The van der Waals surface area contributed by atoms with E-state index in [1.807, 2.05) is 20.2 Å². The highest BCUT2D eigenvalue weighted by atomic mass is 32.2. The quantitative estimate of drug-likeness (QED) is 0.868. The van der Waals surface area contributed by atoms with Gasteiger partial charge >= 0.3 is 0 Å². The van der Waals surface area contributed by atoms with E-state index in [-0.39, 0.29) is 4.90 Å². The molecule has 0 atom stereocenters. The minimum Gasteiger partial charge on any atom is -0.366 e. The lowest BCUT2D eigenvalue weighted by atomic mass is 10.1. The predicted molar refractivity (Wildman–Crippen MR) is 89.6 cm³/mol. The Morgan fingerprint density at radius 1 is 1.26 bits per heavy atom. The number of nitrogens with one attached hydrogen (secondary N) is 2. The molecule has 2 rings (SSSR count). The molecule has 2 heterocycles. The number of pyridine rings is 1. The predicted octanol–water partition coefficient (Wildman–Crippen LogP) is 1.81. The summed E-state index contributed by atoms with van der Waals surface area (Å²) in [4.78, 5) is 4.32. The van der Waals surface area contributed by atoms with Crippen molar-refractivity contribution < 1.29 is 8.42 Å². The van der Waals surface area contributed by atoms with E-state index in [9.17, 15) is 8.42 Å². The zero-order valence-electron chi connectivity index (χ0n) is 14.1. The molecule has 0 saturated carbocycles. The largest absolute Gasteiger partial charge is 0.366 e. The van der Waals surface area contributed by atoms with Gasteiger partial charge in [-0.05, 0) is 39.8 Å². The highest BCUT2D eigenvalue weighted by molar-refractivity contribution is 7.89. The van der Waals surface area contributed by atoms with Crippen molar-refractivity contribution >= 4 is 15.8 Å². The molecule has 0 aliphatic carbocycles. The number of aromatic nitrogens is 3. The van der Waals surface area contributed by atoms with E-state index in [1.54, 1.807) is 37.6 Å². The Bertz CT molecular complexity index is 773. The average Bonchev–Trinajstić information content (AvgIpc) is 2.72.